The lowest BCUT2D eigenvalue weighted by molar-refractivity contribution is -0.144. The highest BCUT2D eigenvalue weighted by Crippen LogP contribution is 2.31. The SMILES string of the molecule is CCOC(=O)C(Br)C(O)c1cn([C@@H]2O[C@H](CO)[C@@H](O)[C@H]2F)c(=O)[nH]c1=O. The number of rotatable bonds is 6. The molecule has 2 heterocycles. The summed E-state index contributed by atoms with van der Waals surface area (Å²) < 4.78 is 24.7. The number of esters is 1. The molecule has 1 aliphatic rings. The van der Waals surface area contributed by atoms with Crippen LogP contribution in [0.2, 0.25) is 0 Å². The molecule has 1 aromatic heterocycles. The van der Waals surface area contributed by atoms with Gasteiger partial charge in [-0.1, -0.05) is 15.9 Å². The standard InChI is InChI=1S/C14H18BrFN2O8/c1-2-25-13(23)7(15)9(20)5-3-18(14(24)17-11(5)22)12-8(16)10(21)6(4-19)26-12/h3,6-10,12,19-21H,2,4H2,1H3,(H,17,22,24)/t6-,7?,8-,9?,10-,12-/m1/s1. The van der Waals surface area contributed by atoms with Crippen LogP contribution in [0.15, 0.2) is 15.8 Å². The molecule has 0 saturated carbocycles. The molecule has 26 heavy (non-hydrogen) atoms. The Balaban J connectivity index is 2.40. The molecule has 0 spiro atoms. The largest absolute Gasteiger partial charge is 0.465 e. The van der Waals surface area contributed by atoms with E-state index in [0.717, 1.165) is 6.20 Å². The van der Waals surface area contributed by atoms with Gasteiger partial charge in [0.05, 0.1) is 18.8 Å². The maximum Gasteiger partial charge on any atom is 0.330 e. The Morgan fingerprint density at radius 2 is 2.19 bits per heavy atom. The zero-order chi connectivity index (χ0) is 19.6. The highest BCUT2D eigenvalue weighted by Gasteiger charge is 2.45. The lowest BCUT2D eigenvalue weighted by Gasteiger charge is -2.19. The first-order chi connectivity index (χ1) is 12.2. The Morgan fingerprint density at radius 3 is 2.73 bits per heavy atom. The molecule has 10 nitrogen and oxygen atoms in total. The van der Waals surface area contributed by atoms with Crippen LogP contribution in [0.4, 0.5) is 4.39 Å². The Bertz CT molecular complexity index is 768. The molecule has 0 aliphatic carbocycles. The molecule has 6 atom stereocenters. The van der Waals surface area contributed by atoms with E-state index in [0.29, 0.717) is 4.57 Å². The number of aromatic nitrogens is 2. The van der Waals surface area contributed by atoms with Crippen LogP contribution in [0.5, 0.6) is 0 Å². The number of halogens is 2. The molecule has 0 radical (unpaired) electrons. The minimum absolute atomic E-state index is 0.0450. The van der Waals surface area contributed by atoms with Crippen molar-refractivity contribution in [3.63, 3.8) is 0 Å². The molecule has 1 fully saturated rings. The molecule has 2 rings (SSSR count). The van der Waals surface area contributed by atoms with E-state index in [2.05, 4.69) is 15.9 Å². The number of hydrogen-bond acceptors (Lipinski definition) is 8. The smallest absolute Gasteiger partial charge is 0.330 e. The van der Waals surface area contributed by atoms with Gasteiger partial charge in [0.1, 0.15) is 23.1 Å². The van der Waals surface area contributed by atoms with Gasteiger partial charge in [-0.05, 0) is 6.92 Å². The molecular weight excluding hydrogens is 423 g/mol. The molecule has 0 aromatic carbocycles. The van der Waals surface area contributed by atoms with Crippen molar-refractivity contribution >= 4 is 21.9 Å². The number of alkyl halides is 2. The summed E-state index contributed by atoms with van der Waals surface area (Å²) in [6.45, 7) is 0.917. The van der Waals surface area contributed by atoms with Gasteiger partial charge in [0, 0.05) is 6.20 Å². The Morgan fingerprint density at radius 1 is 1.54 bits per heavy atom. The normalized spacial score (nSPS) is 27.9. The van der Waals surface area contributed by atoms with E-state index in [1.807, 2.05) is 4.98 Å². The zero-order valence-electron chi connectivity index (χ0n) is 13.5. The van der Waals surface area contributed by atoms with Crippen molar-refractivity contribution in [1.29, 1.82) is 0 Å². The van der Waals surface area contributed by atoms with E-state index in [1.165, 1.54) is 0 Å². The van der Waals surface area contributed by atoms with Gasteiger partial charge in [-0.25, -0.2) is 9.18 Å². The third-order valence-electron chi connectivity index (χ3n) is 3.85. The van der Waals surface area contributed by atoms with Crippen molar-refractivity contribution < 1.29 is 34.0 Å². The van der Waals surface area contributed by atoms with E-state index in [1.54, 1.807) is 6.92 Å². The lowest BCUT2D eigenvalue weighted by atomic mass is 10.1. The second-order valence-corrected chi connectivity index (χ2v) is 6.52. The Kier molecular flexibility index (Phi) is 6.69. The van der Waals surface area contributed by atoms with Crippen molar-refractivity contribution in [3.05, 3.63) is 32.6 Å². The number of aliphatic hydroxyl groups excluding tert-OH is 3. The third-order valence-corrected chi connectivity index (χ3v) is 4.73. The predicted molar refractivity (Wildman–Crippen MR) is 87.5 cm³/mol. The predicted octanol–water partition coefficient (Wildman–Crippen LogP) is -1.51. The lowest BCUT2D eigenvalue weighted by Crippen LogP contribution is -2.39. The van der Waals surface area contributed by atoms with Gasteiger partial charge >= 0.3 is 11.7 Å². The number of H-pyrrole nitrogens is 1. The quantitative estimate of drug-likeness (QED) is 0.307. The second-order valence-electron chi connectivity index (χ2n) is 5.53. The van der Waals surface area contributed by atoms with Gasteiger partial charge in [-0.3, -0.25) is 19.1 Å². The first-order valence-electron chi connectivity index (χ1n) is 7.65. The van der Waals surface area contributed by atoms with Crippen LogP contribution >= 0.6 is 15.9 Å². The summed E-state index contributed by atoms with van der Waals surface area (Å²) in [7, 11) is 0. The van der Waals surface area contributed by atoms with E-state index in [4.69, 9.17) is 14.6 Å². The summed E-state index contributed by atoms with van der Waals surface area (Å²) in [5.74, 6) is -0.839. The maximum absolute atomic E-state index is 14.2. The second kappa shape index (κ2) is 8.39. The van der Waals surface area contributed by atoms with Crippen molar-refractivity contribution in [2.75, 3.05) is 13.2 Å². The fraction of sp³-hybridized carbons (Fsp3) is 0.643. The highest BCUT2D eigenvalue weighted by atomic mass is 79.9. The van der Waals surface area contributed by atoms with Crippen LogP contribution in [-0.2, 0) is 14.3 Å². The van der Waals surface area contributed by atoms with Gasteiger partial charge in [-0.15, -0.1) is 0 Å². The van der Waals surface area contributed by atoms with E-state index >= 15 is 0 Å². The molecule has 0 amide bonds. The topological polar surface area (TPSA) is 151 Å². The number of nitrogens with one attached hydrogen (secondary N) is 1. The summed E-state index contributed by atoms with van der Waals surface area (Å²) in [6.07, 6.45) is -7.50. The number of carbonyl (C=O) groups excluding carboxylic acids is 1. The zero-order valence-corrected chi connectivity index (χ0v) is 15.1. The number of hydrogen-bond donors (Lipinski definition) is 4. The number of aliphatic hydroxyl groups is 3. The Labute approximate surface area is 154 Å². The third kappa shape index (κ3) is 3.88. The Hall–Kier alpha value is -1.60. The average molecular weight is 441 g/mol. The van der Waals surface area contributed by atoms with Crippen LogP contribution in [0.25, 0.3) is 0 Å². The molecule has 146 valence electrons. The summed E-state index contributed by atoms with van der Waals surface area (Å²) in [5, 5.41) is 29.0. The summed E-state index contributed by atoms with van der Waals surface area (Å²) >= 11 is 2.91. The minimum atomic E-state index is -2.06. The minimum Gasteiger partial charge on any atom is -0.465 e. The van der Waals surface area contributed by atoms with Crippen LogP contribution in [-0.4, -0.2) is 67.3 Å². The number of nitrogens with zero attached hydrogens (tertiary/aromatic N) is 1. The van der Waals surface area contributed by atoms with Crippen LogP contribution in [0.3, 0.4) is 0 Å². The van der Waals surface area contributed by atoms with Gasteiger partial charge in [0.2, 0.25) is 0 Å². The molecule has 4 N–H and O–H groups in total. The van der Waals surface area contributed by atoms with Crippen LogP contribution < -0.4 is 11.2 Å². The van der Waals surface area contributed by atoms with Crippen molar-refractivity contribution in [1.82, 2.24) is 9.55 Å². The summed E-state index contributed by atoms with van der Waals surface area (Å²) in [5.41, 5.74) is -2.45. The van der Waals surface area contributed by atoms with E-state index in [9.17, 15) is 29.0 Å². The number of ether oxygens (including phenoxy) is 2. The van der Waals surface area contributed by atoms with Gasteiger partial charge in [-0.2, -0.15) is 0 Å². The van der Waals surface area contributed by atoms with Crippen molar-refractivity contribution in [3.8, 4) is 0 Å². The molecule has 0 bridgehead atoms. The van der Waals surface area contributed by atoms with Gasteiger partial charge in [0.15, 0.2) is 12.4 Å². The fourth-order valence-corrected chi connectivity index (χ4v) is 2.90. The van der Waals surface area contributed by atoms with Crippen molar-refractivity contribution in [2.24, 2.45) is 0 Å². The molecular formula is C14H18BrFN2O8. The van der Waals surface area contributed by atoms with Gasteiger partial charge < -0.3 is 24.8 Å². The molecule has 1 aromatic rings. The summed E-state index contributed by atoms with van der Waals surface area (Å²) in [6, 6.07) is 0. The van der Waals surface area contributed by atoms with E-state index in [-0.39, 0.29) is 6.61 Å². The van der Waals surface area contributed by atoms with Crippen LogP contribution in [0, 0.1) is 0 Å². The molecule has 12 heteroatoms. The number of carbonyl (C=O) groups is 1. The maximum atomic E-state index is 14.2. The molecule has 1 saturated heterocycles. The van der Waals surface area contributed by atoms with Crippen molar-refractivity contribution in [2.45, 2.75) is 42.5 Å². The number of aromatic amines is 1. The first kappa shape index (κ1) is 20.7. The first-order valence-corrected chi connectivity index (χ1v) is 8.57. The fourth-order valence-electron chi connectivity index (χ4n) is 2.49. The van der Waals surface area contributed by atoms with Gasteiger partial charge in [0.25, 0.3) is 5.56 Å². The monoisotopic (exact) mass is 440 g/mol. The molecule has 2 unspecified atom stereocenters. The van der Waals surface area contributed by atoms with E-state index < -0.39 is 64.9 Å². The highest BCUT2D eigenvalue weighted by molar-refractivity contribution is 9.10. The molecule has 1 aliphatic heterocycles. The average Bonchev–Trinajstić information content (AvgIpc) is 2.89. The summed E-state index contributed by atoms with van der Waals surface area (Å²) in [4.78, 5) is 36.2. The van der Waals surface area contributed by atoms with Crippen LogP contribution in [0.1, 0.15) is 24.8 Å².